The molecule has 1 fully saturated rings. The molecule has 1 aliphatic rings. The molecule has 5 nitrogen and oxygen atoms in total. The molecule has 0 spiro atoms. The van der Waals surface area contributed by atoms with Gasteiger partial charge in [-0.1, -0.05) is 20.8 Å². The SMILES string of the molecule is CCCS(=O)(=O)c1c(N)nsc1N1CC(C)SC(C)C1. The summed E-state index contributed by atoms with van der Waals surface area (Å²) >= 11 is 3.13. The lowest BCUT2D eigenvalue weighted by Crippen LogP contribution is -2.40. The van der Waals surface area contributed by atoms with Crippen molar-refractivity contribution in [2.24, 2.45) is 0 Å². The van der Waals surface area contributed by atoms with E-state index < -0.39 is 9.84 Å². The van der Waals surface area contributed by atoms with Crippen LogP contribution in [0.4, 0.5) is 10.8 Å². The van der Waals surface area contributed by atoms with Crippen LogP contribution < -0.4 is 10.6 Å². The maximum atomic E-state index is 12.4. The summed E-state index contributed by atoms with van der Waals surface area (Å²) in [6, 6.07) is 0. The zero-order valence-corrected chi connectivity index (χ0v) is 14.4. The van der Waals surface area contributed by atoms with Crippen molar-refractivity contribution in [1.29, 1.82) is 0 Å². The molecule has 1 aliphatic heterocycles. The van der Waals surface area contributed by atoms with Crippen molar-refractivity contribution in [3.05, 3.63) is 0 Å². The second kappa shape index (κ2) is 6.11. The molecular formula is C12H21N3O2S3. The van der Waals surface area contributed by atoms with Gasteiger partial charge >= 0.3 is 0 Å². The number of thioether (sulfide) groups is 1. The number of sulfone groups is 1. The van der Waals surface area contributed by atoms with Crippen LogP contribution in [0.15, 0.2) is 4.90 Å². The minimum absolute atomic E-state index is 0.121. The molecule has 114 valence electrons. The van der Waals surface area contributed by atoms with Gasteiger partial charge in [-0.3, -0.25) is 0 Å². The molecule has 0 aliphatic carbocycles. The molecule has 0 saturated carbocycles. The Morgan fingerprint density at radius 1 is 1.35 bits per heavy atom. The van der Waals surface area contributed by atoms with E-state index in [2.05, 4.69) is 23.1 Å². The predicted molar refractivity (Wildman–Crippen MR) is 87.6 cm³/mol. The summed E-state index contributed by atoms with van der Waals surface area (Å²) in [6.07, 6.45) is 0.583. The van der Waals surface area contributed by atoms with Gasteiger partial charge in [-0.05, 0) is 18.0 Å². The summed E-state index contributed by atoms with van der Waals surface area (Å²) in [5.74, 6) is 0.271. The Labute approximate surface area is 129 Å². The van der Waals surface area contributed by atoms with Gasteiger partial charge in [-0.25, -0.2) is 8.42 Å². The van der Waals surface area contributed by atoms with Gasteiger partial charge in [0.1, 0.15) is 9.90 Å². The molecule has 8 heteroatoms. The number of rotatable bonds is 4. The van der Waals surface area contributed by atoms with Gasteiger partial charge in [-0.15, -0.1) is 0 Å². The number of aromatic nitrogens is 1. The first-order valence-corrected chi connectivity index (χ1v) is 10.1. The van der Waals surface area contributed by atoms with E-state index in [1.807, 2.05) is 18.7 Å². The van der Waals surface area contributed by atoms with E-state index >= 15 is 0 Å². The lowest BCUT2D eigenvalue weighted by Gasteiger charge is -2.35. The number of hydrogen-bond donors (Lipinski definition) is 1. The quantitative estimate of drug-likeness (QED) is 0.909. The third-order valence-corrected chi connectivity index (χ3v) is 7.40. The minimum atomic E-state index is -3.34. The first-order chi connectivity index (χ1) is 9.35. The van der Waals surface area contributed by atoms with Crippen LogP contribution in [0.3, 0.4) is 0 Å². The second-order valence-electron chi connectivity index (χ2n) is 5.18. The average molecular weight is 336 g/mol. The van der Waals surface area contributed by atoms with E-state index in [1.54, 1.807) is 0 Å². The highest BCUT2D eigenvalue weighted by Crippen LogP contribution is 2.38. The van der Waals surface area contributed by atoms with Crippen molar-refractivity contribution in [3.63, 3.8) is 0 Å². The van der Waals surface area contributed by atoms with Gasteiger partial charge in [-0.2, -0.15) is 16.1 Å². The summed E-state index contributed by atoms with van der Waals surface area (Å²) in [7, 11) is -3.34. The number of hydrogen-bond acceptors (Lipinski definition) is 7. The number of nitrogens with zero attached hydrogens (tertiary/aromatic N) is 2. The fourth-order valence-corrected chi connectivity index (χ4v) is 6.60. The first kappa shape index (κ1) is 15.9. The van der Waals surface area contributed by atoms with Crippen molar-refractivity contribution in [2.75, 3.05) is 29.5 Å². The van der Waals surface area contributed by atoms with Crippen LogP contribution in [0.1, 0.15) is 27.2 Å². The Bertz CT molecular complexity index is 561. The molecule has 0 bridgehead atoms. The molecule has 1 aromatic heterocycles. The average Bonchev–Trinajstić information content (AvgIpc) is 2.70. The lowest BCUT2D eigenvalue weighted by atomic mass is 10.3. The van der Waals surface area contributed by atoms with Gasteiger partial charge in [0.15, 0.2) is 15.7 Å². The van der Waals surface area contributed by atoms with Crippen LogP contribution in [0.2, 0.25) is 0 Å². The highest BCUT2D eigenvalue weighted by molar-refractivity contribution is 8.00. The van der Waals surface area contributed by atoms with Crippen LogP contribution in [-0.4, -0.2) is 42.1 Å². The van der Waals surface area contributed by atoms with E-state index in [0.29, 0.717) is 16.9 Å². The Morgan fingerprint density at radius 2 is 1.95 bits per heavy atom. The highest BCUT2D eigenvalue weighted by atomic mass is 32.2. The summed E-state index contributed by atoms with van der Waals surface area (Å²) in [5, 5.41) is 1.67. The summed E-state index contributed by atoms with van der Waals surface area (Å²) in [5.41, 5.74) is 5.82. The molecule has 2 unspecified atom stereocenters. The van der Waals surface area contributed by atoms with Gasteiger partial charge in [0.25, 0.3) is 0 Å². The van der Waals surface area contributed by atoms with Crippen LogP contribution in [0, 0.1) is 0 Å². The van der Waals surface area contributed by atoms with E-state index in [1.165, 1.54) is 11.5 Å². The molecule has 1 aromatic rings. The molecule has 2 atom stereocenters. The number of nitrogen functional groups attached to an aromatic ring is 1. The summed E-state index contributed by atoms with van der Waals surface area (Å²) in [6.45, 7) is 7.86. The van der Waals surface area contributed by atoms with E-state index in [4.69, 9.17) is 5.73 Å². The predicted octanol–water partition coefficient (Wildman–Crippen LogP) is 2.24. The topological polar surface area (TPSA) is 76.3 Å². The molecule has 20 heavy (non-hydrogen) atoms. The van der Waals surface area contributed by atoms with Crippen molar-refractivity contribution in [1.82, 2.24) is 4.37 Å². The lowest BCUT2D eigenvalue weighted by molar-refractivity contribution is 0.594. The zero-order chi connectivity index (χ0) is 14.9. The molecular weight excluding hydrogens is 314 g/mol. The number of nitrogens with two attached hydrogens (primary N) is 1. The summed E-state index contributed by atoms with van der Waals surface area (Å²) in [4.78, 5) is 2.37. The Balaban J connectivity index is 2.38. The highest BCUT2D eigenvalue weighted by Gasteiger charge is 2.31. The third-order valence-electron chi connectivity index (χ3n) is 3.15. The van der Waals surface area contributed by atoms with Gasteiger partial charge in [0, 0.05) is 23.6 Å². The fraction of sp³-hybridized carbons (Fsp3) is 0.750. The van der Waals surface area contributed by atoms with Crippen LogP contribution >= 0.6 is 23.3 Å². The third kappa shape index (κ3) is 3.23. The monoisotopic (exact) mass is 335 g/mol. The normalized spacial score (nSPS) is 24.1. The zero-order valence-electron chi connectivity index (χ0n) is 12.0. The molecule has 2 rings (SSSR count). The Kier molecular flexibility index (Phi) is 4.86. The van der Waals surface area contributed by atoms with Crippen molar-refractivity contribution in [2.45, 2.75) is 42.6 Å². The largest absolute Gasteiger partial charge is 0.382 e. The minimum Gasteiger partial charge on any atom is -0.382 e. The van der Waals surface area contributed by atoms with E-state index in [0.717, 1.165) is 18.1 Å². The van der Waals surface area contributed by atoms with Crippen LogP contribution in [0.25, 0.3) is 0 Å². The van der Waals surface area contributed by atoms with Gasteiger partial charge in [0.05, 0.1) is 5.75 Å². The maximum absolute atomic E-state index is 12.4. The molecule has 0 amide bonds. The number of anilines is 2. The van der Waals surface area contributed by atoms with Gasteiger partial charge in [0.2, 0.25) is 0 Å². The summed E-state index contributed by atoms with van der Waals surface area (Å²) < 4.78 is 28.9. The van der Waals surface area contributed by atoms with Crippen LogP contribution in [-0.2, 0) is 9.84 Å². The standard InChI is InChI=1S/C12H21N3O2S3/c1-4-5-20(16,17)10-11(13)14-19-12(10)15-6-8(2)18-9(3)7-15/h8-9H,4-7H2,1-3H3,(H2,13,14). The second-order valence-corrected chi connectivity index (χ2v) is 9.86. The van der Waals surface area contributed by atoms with Crippen LogP contribution in [0.5, 0.6) is 0 Å². The van der Waals surface area contributed by atoms with Crippen molar-refractivity contribution in [3.8, 4) is 0 Å². The van der Waals surface area contributed by atoms with E-state index in [-0.39, 0.29) is 16.5 Å². The van der Waals surface area contributed by atoms with Crippen molar-refractivity contribution < 1.29 is 8.42 Å². The maximum Gasteiger partial charge on any atom is 0.185 e. The fourth-order valence-electron chi connectivity index (χ4n) is 2.49. The Hall–Kier alpha value is -0.470. The van der Waals surface area contributed by atoms with E-state index in [9.17, 15) is 8.42 Å². The van der Waals surface area contributed by atoms with Gasteiger partial charge < -0.3 is 10.6 Å². The molecule has 0 radical (unpaired) electrons. The van der Waals surface area contributed by atoms with Crippen molar-refractivity contribution >= 4 is 44.0 Å². The Morgan fingerprint density at radius 3 is 2.50 bits per heavy atom. The molecule has 1 saturated heterocycles. The smallest absolute Gasteiger partial charge is 0.185 e. The molecule has 2 N–H and O–H groups in total. The molecule has 0 aromatic carbocycles. The first-order valence-electron chi connectivity index (χ1n) is 6.73. The molecule has 2 heterocycles.